The summed E-state index contributed by atoms with van der Waals surface area (Å²) >= 11 is 1.11. The molecule has 1 aliphatic heterocycles. The molecule has 0 radical (unpaired) electrons. The number of aliphatic hydroxyl groups is 1. The maximum atomic E-state index is 12.0. The number of β-amino-alcohol motifs (C(OH)–C–C–N with tert-alkyl or cyclic N) is 1. The van der Waals surface area contributed by atoms with Gasteiger partial charge in [0, 0.05) is 18.3 Å². The molecule has 0 aromatic carbocycles. The van der Waals surface area contributed by atoms with Gasteiger partial charge in [0.2, 0.25) is 0 Å². The minimum absolute atomic E-state index is 0.00717. The number of aromatic nitrogens is 1. The molecular weight excluding hydrogens is 246 g/mol. The molecule has 0 saturated carbocycles. The monoisotopic (exact) mass is 257 g/mol. The van der Waals surface area contributed by atoms with Crippen LogP contribution < -0.4 is 5.73 Å². The van der Waals surface area contributed by atoms with Crippen molar-refractivity contribution in [3.8, 4) is 0 Å². The average Bonchev–Trinajstić information content (AvgIpc) is 2.83. The molecule has 1 amide bonds. The smallest absolute Gasteiger partial charge is 0.326 e. The molecule has 2 atom stereocenters. The molecule has 2 heterocycles. The molecule has 17 heavy (non-hydrogen) atoms. The molecule has 8 heteroatoms. The molecule has 1 saturated heterocycles. The van der Waals surface area contributed by atoms with Gasteiger partial charge in [0.15, 0.2) is 5.13 Å². The summed E-state index contributed by atoms with van der Waals surface area (Å²) in [4.78, 5) is 27.8. The van der Waals surface area contributed by atoms with Gasteiger partial charge in [-0.1, -0.05) is 0 Å². The van der Waals surface area contributed by atoms with Crippen LogP contribution in [0.4, 0.5) is 5.13 Å². The molecule has 0 bridgehead atoms. The van der Waals surface area contributed by atoms with Gasteiger partial charge in [-0.05, 0) is 0 Å². The minimum atomic E-state index is -1.13. The number of carboxylic acid groups (broad SMARTS) is 1. The number of hydrogen-bond donors (Lipinski definition) is 3. The summed E-state index contributed by atoms with van der Waals surface area (Å²) in [7, 11) is 0. The van der Waals surface area contributed by atoms with Crippen LogP contribution in [0.1, 0.15) is 16.9 Å². The molecule has 1 fully saturated rings. The summed E-state index contributed by atoms with van der Waals surface area (Å²) in [6.07, 6.45) is -0.767. The van der Waals surface area contributed by atoms with Gasteiger partial charge in [0.25, 0.3) is 5.91 Å². The molecule has 0 aliphatic carbocycles. The highest BCUT2D eigenvalue weighted by Gasteiger charge is 2.39. The maximum Gasteiger partial charge on any atom is 0.326 e. The number of nitrogens with two attached hydrogens (primary N) is 1. The first-order chi connectivity index (χ1) is 7.99. The van der Waals surface area contributed by atoms with Gasteiger partial charge in [-0.2, -0.15) is 0 Å². The van der Waals surface area contributed by atoms with E-state index in [0.717, 1.165) is 16.2 Å². The van der Waals surface area contributed by atoms with Gasteiger partial charge >= 0.3 is 5.97 Å². The van der Waals surface area contributed by atoms with Crippen LogP contribution in [0.15, 0.2) is 5.38 Å². The van der Waals surface area contributed by atoms with Crippen LogP contribution in [0.25, 0.3) is 0 Å². The Balaban J connectivity index is 2.21. The van der Waals surface area contributed by atoms with E-state index in [1.165, 1.54) is 5.38 Å². The third-order valence-electron chi connectivity index (χ3n) is 2.57. The van der Waals surface area contributed by atoms with E-state index >= 15 is 0 Å². The SMILES string of the molecule is Nc1nc(C(=O)N2C[C@@H](O)C[C@H]2C(=O)O)cs1. The highest BCUT2D eigenvalue weighted by molar-refractivity contribution is 7.13. The Morgan fingerprint density at radius 3 is 2.82 bits per heavy atom. The Hall–Kier alpha value is -1.67. The van der Waals surface area contributed by atoms with Crippen molar-refractivity contribution >= 4 is 28.3 Å². The van der Waals surface area contributed by atoms with Gasteiger partial charge in [-0.15, -0.1) is 11.3 Å². The number of thiazole rings is 1. The van der Waals surface area contributed by atoms with Crippen molar-refractivity contribution in [2.75, 3.05) is 12.3 Å². The van der Waals surface area contributed by atoms with Gasteiger partial charge in [0.05, 0.1) is 6.10 Å². The van der Waals surface area contributed by atoms with Gasteiger partial charge < -0.3 is 20.8 Å². The van der Waals surface area contributed by atoms with Crippen LogP contribution in [0.5, 0.6) is 0 Å². The number of anilines is 1. The lowest BCUT2D eigenvalue weighted by atomic mass is 10.2. The number of hydrogen-bond acceptors (Lipinski definition) is 6. The van der Waals surface area contributed by atoms with E-state index in [9.17, 15) is 14.7 Å². The molecule has 2 rings (SSSR count). The van der Waals surface area contributed by atoms with Crippen molar-refractivity contribution in [2.45, 2.75) is 18.6 Å². The van der Waals surface area contributed by atoms with Gasteiger partial charge in [0.1, 0.15) is 11.7 Å². The molecule has 1 aromatic heterocycles. The Labute approximate surface area is 100 Å². The summed E-state index contributed by atoms with van der Waals surface area (Å²) in [6.45, 7) is 0.00717. The van der Waals surface area contributed by atoms with E-state index in [1.54, 1.807) is 0 Å². The van der Waals surface area contributed by atoms with Crippen LogP contribution in [-0.2, 0) is 4.79 Å². The second-order valence-corrected chi connectivity index (χ2v) is 4.66. The number of carboxylic acids is 1. The zero-order valence-electron chi connectivity index (χ0n) is 8.74. The maximum absolute atomic E-state index is 12.0. The van der Waals surface area contributed by atoms with Crippen LogP contribution in [-0.4, -0.2) is 50.7 Å². The third-order valence-corrected chi connectivity index (χ3v) is 3.24. The number of carbonyl (C=O) groups excluding carboxylic acids is 1. The van der Waals surface area contributed by atoms with E-state index < -0.39 is 24.0 Å². The number of aliphatic hydroxyl groups excluding tert-OH is 1. The molecular formula is C9H11N3O4S. The highest BCUT2D eigenvalue weighted by atomic mass is 32.1. The van der Waals surface area contributed by atoms with Crippen molar-refractivity contribution in [1.82, 2.24) is 9.88 Å². The zero-order valence-corrected chi connectivity index (χ0v) is 9.55. The molecule has 92 valence electrons. The summed E-state index contributed by atoms with van der Waals surface area (Å²) in [5, 5.41) is 20.1. The highest BCUT2D eigenvalue weighted by Crippen LogP contribution is 2.22. The first-order valence-electron chi connectivity index (χ1n) is 4.92. The average molecular weight is 257 g/mol. The minimum Gasteiger partial charge on any atom is -0.480 e. The predicted octanol–water partition coefficient (Wildman–Crippen LogP) is -0.615. The zero-order chi connectivity index (χ0) is 12.6. The molecule has 0 spiro atoms. The van der Waals surface area contributed by atoms with E-state index in [4.69, 9.17) is 10.8 Å². The van der Waals surface area contributed by atoms with Crippen LogP contribution in [0, 0.1) is 0 Å². The Kier molecular flexibility index (Phi) is 2.99. The summed E-state index contributed by atoms with van der Waals surface area (Å²) in [6, 6.07) is -1.000. The van der Waals surface area contributed by atoms with Crippen LogP contribution in [0.3, 0.4) is 0 Å². The molecule has 1 aromatic rings. The second-order valence-electron chi connectivity index (χ2n) is 3.77. The number of amides is 1. The van der Waals surface area contributed by atoms with E-state index in [1.807, 2.05) is 0 Å². The predicted molar refractivity (Wildman–Crippen MR) is 59.6 cm³/mol. The van der Waals surface area contributed by atoms with E-state index in [-0.39, 0.29) is 23.8 Å². The van der Waals surface area contributed by atoms with Crippen molar-refractivity contribution in [3.05, 3.63) is 11.1 Å². The van der Waals surface area contributed by atoms with Crippen molar-refractivity contribution in [1.29, 1.82) is 0 Å². The van der Waals surface area contributed by atoms with Crippen LogP contribution in [0.2, 0.25) is 0 Å². The molecule has 1 aliphatic rings. The van der Waals surface area contributed by atoms with Crippen molar-refractivity contribution in [2.24, 2.45) is 0 Å². The number of carbonyl (C=O) groups is 2. The van der Waals surface area contributed by atoms with Crippen LogP contribution >= 0.6 is 11.3 Å². The number of rotatable bonds is 2. The molecule has 7 nitrogen and oxygen atoms in total. The Bertz CT molecular complexity index is 461. The van der Waals surface area contributed by atoms with E-state index in [0.29, 0.717) is 0 Å². The number of nitrogen functional groups attached to an aromatic ring is 1. The molecule has 0 unspecified atom stereocenters. The van der Waals surface area contributed by atoms with E-state index in [2.05, 4.69) is 4.98 Å². The first kappa shape index (κ1) is 11.8. The largest absolute Gasteiger partial charge is 0.480 e. The summed E-state index contributed by atoms with van der Waals surface area (Å²) in [5.74, 6) is -1.64. The lowest BCUT2D eigenvalue weighted by Crippen LogP contribution is -2.40. The van der Waals surface area contributed by atoms with Crippen molar-refractivity contribution in [3.63, 3.8) is 0 Å². The van der Waals surface area contributed by atoms with Gasteiger partial charge in [-0.3, -0.25) is 4.79 Å². The fraction of sp³-hybridized carbons (Fsp3) is 0.444. The lowest BCUT2D eigenvalue weighted by Gasteiger charge is -2.19. The fourth-order valence-corrected chi connectivity index (χ4v) is 2.34. The summed E-state index contributed by atoms with van der Waals surface area (Å²) in [5.41, 5.74) is 5.53. The first-order valence-corrected chi connectivity index (χ1v) is 5.80. The Morgan fingerprint density at radius 2 is 2.29 bits per heavy atom. The third kappa shape index (κ3) is 2.22. The normalized spacial score (nSPS) is 23.9. The second kappa shape index (κ2) is 4.30. The Morgan fingerprint density at radius 1 is 1.59 bits per heavy atom. The topological polar surface area (TPSA) is 117 Å². The fourth-order valence-electron chi connectivity index (χ4n) is 1.81. The number of aliphatic carboxylic acids is 1. The standard InChI is InChI=1S/C9H11N3O4S/c10-9-11-5(3-17-9)7(14)12-2-4(13)1-6(12)8(15)16/h3-4,6,13H,1-2H2,(H2,10,11)(H,15,16)/t4-,6-/m0/s1. The lowest BCUT2D eigenvalue weighted by molar-refractivity contribution is -0.141. The number of nitrogens with zero attached hydrogens (tertiary/aromatic N) is 2. The summed E-state index contributed by atoms with van der Waals surface area (Å²) < 4.78 is 0. The molecule has 4 N–H and O–H groups in total. The quantitative estimate of drug-likeness (QED) is 0.650. The number of likely N-dealkylation sites (tertiary alicyclic amines) is 1. The van der Waals surface area contributed by atoms with Gasteiger partial charge in [-0.25, -0.2) is 9.78 Å². The van der Waals surface area contributed by atoms with Crippen molar-refractivity contribution < 1.29 is 19.8 Å².